The van der Waals surface area contributed by atoms with Gasteiger partial charge in [-0.1, -0.05) is 17.7 Å². The number of hydrogen-bond acceptors (Lipinski definition) is 5. The maximum Gasteiger partial charge on any atom is 0.290 e. The topological polar surface area (TPSA) is 84.5 Å². The number of benzene rings is 2. The number of hydrogen-bond donors (Lipinski definition) is 2. The molecular weight excluding hydrogens is 407 g/mol. The summed E-state index contributed by atoms with van der Waals surface area (Å²) in [7, 11) is 1.46. The fourth-order valence-electron chi connectivity index (χ4n) is 2.56. The molecule has 0 aromatic heterocycles. The van der Waals surface area contributed by atoms with Crippen LogP contribution >= 0.6 is 23.4 Å². The molecule has 1 aliphatic rings. The van der Waals surface area contributed by atoms with Crippen LogP contribution in [0.4, 0.5) is 14.9 Å². The summed E-state index contributed by atoms with van der Waals surface area (Å²) in [4.78, 5) is 35.5. The molecule has 0 bridgehead atoms. The smallest absolute Gasteiger partial charge is 0.290 e. The van der Waals surface area contributed by atoms with Gasteiger partial charge in [-0.2, -0.15) is 0 Å². The minimum absolute atomic E-state index is 0.0178. The van der Waals surface area contributed by atoms with E-state index in [1.807, 2.05) is 0 Å². The SMILES string of the molecule is COc1ccc(C=C2SC(=O)NC2=O)cc1CC(=O)Nc1ccc(Cl)cc1F. The van der Waals surface area contributed by atoms with Crippen molar-refractivity contribution in [2.75, 3.05) is 12.4 Å². The van der Waals surface area contributed by atoms with Crippen molar-refractivity contribution in [1.29, 1.82) is 0 Å². The Balaban J connectivity index is 1.80. The van der Waals surface area contributed by atoms with Crippen LogP contribution in [0, 0.1) is 5.82 Å². The fourth-order valence-corrected chi connectivity index (χ4v) is 3.40. The van der Waals surface area contributed by atoms with Crippen molar-refractivity contribution in [3.05, 3.63) is 63.3 Å². The Bertz CT molecular complexity index is 1010. The van der Waals surface area contributed by atoms with Gasteiger partial charge in [0, 0.05) is 10.6 Å². The van der Waals surface area contributed by atoms with E-state index in [-0.39, 0.29) is 22.0 Å². The van der Waals surface area contributed by atoms with Crippen molar-refractivity contribution >= 4 is 52.2 Å². The van der Waals surface area contributed by atoms with Crippen LogP contribution in [0.25, 0.3) is 6.08 Å². The molecule has 1 aliphatic heterocycles. The predicted molar refractivity (Wildman–Crippen MR) is 106 cm³/mol. The zero-order valence-electron chi connectivity index (χ0n) is 14.5. The summed E-state index contributed by atoms with van der Waals surface area (Å²) < 4.78 is 19.1. The summed E-state index contributed by atoms with van der Waals surface area (Å²) in [6, 6.07) is 8.97. The van der Waals surface area contributed by atoms with Gasteiger partial charge < -0.3 is 10.1 Å². The first-order chi connectivity index (χ1) is 13.4. The Morgan fingerprint density at radius 2 is 2.07 bits per heavy atom. The fraction of sp³-hybridized carbons (Fsp3) is 0.105. The summed E-state index contributed by atoms with van der Waals surface area (Å²) in [6.45, 7) is 0. The van der Waals surface area contributed by atoms with Crippen molar-refractivity contribution in [1.82, 2.24) is 5.32 Å². The van der Waals surface area contributed by atoms with E-state index in [2.05, 4.69) is 10.6 Å². The third kappa shape index (κ3) is 4.71. The number of carbonyl (C=O) groups excluding carboxylic acids is 3. The number of methoxy groups -OCH3 is 1. The molecule has 0 saturated carbocycles. The summed E-state index contributed by atoms with van der Waals surface area (Å²) >= 11 is 6.50. The lowest BCUT2D eigenvalue weighted by Gasteiger charge is -2.11. The number of anilines is 1. The largest absolute Gasteiger partial charge is 0.496 e. The van der Waals surface area contributed by atoms with Gasteiger partial charge in [-0.25, -0.2) is 4.39 Å². The van der Waals surface area contributed by atoms with Crippen molar-refractivity contribution < 1.29 is 23.5 Å². The van der Waals surface area contributed by atoms with E-state index < -0.39 is 22.9 Å². The first-order valence-corrected chi connectivity index (χ1v) is 9.22. The first kappa shape index (κ1) is 19.9. The molecule has 2 N–H and O–H groups in total. The molecule has 9 heteroatoms. The monoisotopic (exact) mass is 420 g/mol. The molecule has 1 heterocycles. The highest BCUT2D eigenvalue weighted by atomic mass is 35.5. The van der Waals surface area contributed by atoms with Gasteiger partial charge in [0.05, 0.1) is 24.1 Å². The number of thioether (sulfide) groups is 1. The van der Waals surface area contributed by atoms with Crippen LogP contribution in [-0.2, 0) is 16.0 Å². The lowest BCUT2D eigenvalue weighted by Crippen LogP contribution is -2.17. The molecule has 6 nitrogen and oxygen atoms in total. The van der Waals surface area contributed by atoms with Gasteiger partial charge in [-0.15, -0.1) is 0 Å². The highest BCUT2D eigenvalue weighted by Gasteiger charge is 2.25. The zero-order valence-corrected chi connectivity index (χ0v) is 16.1. The van der Waals surface area contributed by atoms with Gasteiger partial charge in [-0.3, -0.25) is 19.7 Å². The van der Waals surface area contributed by atoms with Gasteiger partial charge in [-0.05, 0) is 53.7 Å². The van der Waals surface area contributed by atoms with Crippen LogP contribution < -0.4 is 15.4 Å². The maximum atomic E-state index is 13.9. The summed E-state index contributed by atoms with van der Waals surface area (Å²) in [5.74, 6) is -1.09. The number of amides is 3. The molecule has 0 unspecified atom stereocenters. The first-order valence-electron chi connectivity index (χ1n) is 8.02. The van der Waals surface area contributed by atoms with Crippen LogP contribution in [-0.4, -0.2) is 24.2 Å². The molecule has 144 valence electrons. The normalized spacial score (nSPS) is 14.9. The van der Waals surface area contributed by atoms with Crippen molar-refractivity contribution in [2.24, 2.45) is 0 Å². The molecule has 0 aliphatic carbocycles. The van der Waals surface area contributed by atoms with Gasteiger partial charge in [0.15, 0.2) is 0 Å². The molecular formula is C19H14ClFN2O4S. The molecule has 3 amide bonds. The van der Waals surface area contributed by atoms with Gasteiger partial charge >= 0.3 is 0 Å². The molecule has 1 saturated heterocycles. The van der Waals surface area contributed by atoms with E-state index >= 15 is 0 Å². The number of carbonyl (C=O) groups is 3. The number of ether oxygens (including phenoxy) is 1. The molecule has 2 aromatic rings. The third-order valence-corrected chi connectivity index (χ3v) is 4.85. The van der Waals surface area contributed by atoms with Crippen LogP contribution in [0.5, 0.6) is 5.75 Å². The Kier molecular flexibility index (Phi) is 6.01. The molecule has 28 heavy (non-hydrogen) atoms. The van der Waals surface area contributed by atoms with E-state index in [4.69, 9.17) is 16.3 Å². The van der Waals surface area contributed by atoms with Crippen LogP contribution in [0.1, 0.15) is 11.1 Å². The highest BCUT2D eigenvalue weighted by molar-refractivity contribution is 8.18. The number of nitrogens with one attached hydrogen (secondary N) is 2. The average molecular weight is 421 g/mol. The second kappa shape index (κ2) is 8.45. The summed E-state index contributed by atoms with van der Waals surface area (Å²) in [5, 5.41) is 4.45. The third-order valence-electron chi connectivity index (χ3n) is 3.80. The molecule has 0 spiro atoms. The van der Waals surface area contributed by atoms with Crippen LogP contribution in [0.2, 0.25) is 5.02 Å². The van der Waals surface area contributed by atoms with Gasteiger partial charge in [0.25, 0.3) is 11.1 Å². The Hall–Kier alpha value is -2.84. The van der Waals surface area contributed by atoms with E-state index in [9.17, 15) is 18.8 Å². The molecule has 3 rings (SSSR count). The van der Waals surface area contributed by atoms with Gasteiger partial charge in [0.2, 0.25) is 5.91 Å². The standard InChI is InChI=1S/C19H14ClFN2O4S/c1-27-15-5-2-10(7-16-18(25)23-19(26)28-16)6-11(15)8-17(24)22-14-4-3-12(20)9-13(14)21/h2-7,9H,8H2,1H3,(H,22,24)(H,23,25,26). The average Bonchev–Trinajstić information content (AvgIpc) is 2.95. The molecule has 0 atom stereocenters. The van der Waals surface area contributed by atoms with Crippen molar-refractivity contribution in [3.8, 4) is 5.75 Å². The number of halogens is 2. The minimum atomic E-state index is -0.639. The maximum absolute atomic E-state index is 13.9. The van der Waals surface area contributed by atoms with E-state index in [1.54, 1.807) is 24.3 Å². The predicted octanol–water partition coefficient (Wildman–Crippen LogP) is 3.99. The number of imide groups is 1. The van der Waals surface area contributed by atoms with E-state index in [0.29, 0.717) is 16.9 Å². The lowest BCUT2D eigenvalue weighted by molar-refractivity contribution is -0.116. The Morgan fingerprint density at radius 3 is 2.71 bits per heavy atom. The summed E-state index contributed by atoms with van der Waals surface area (Å²) in [5.41, 5.74) is 1.18. The highest BCUT2D eigenvalue weighted by Crippen LogP contribution is 2.28. The molecule has 1 fully saturated rings. The zero-order chi connectivity index (χ0) is 20.3. The second-order valence-corrected chi connectivity index (χ2v) is 7.22. The second-order valence-electron chi connectivity index (χ2n) is 5.77. The molecule has 0 radical (unpaired) electrons. The lowest BCUT2D eigenvalue weighted by atomic mass is 10.1. The van der Waals surface area contributed by atoms with Crippen LogP contribution in [0.15, 0.2) is 41.3 Å². The quantitative estimate of drug-likeness (QED) is 0.714. The number of rotatable bonds is 5. The molecule has 2 aromatic carbocycles. The van der Waals surface area contributed by atoms with E-state index in [0.717, 1.165) is 17.8 Å². The van der Waals surface area contributed by atoms with Crippen molar-refractivity contribution in [2.45, 2.75) is 6.42 Å². The van der Waals surface area contributed by atoms with Crippen LogP contribution in [0.3, 0.4) is 0 Å². The van der Waals surface area contributed by atoms with E-state index in [1.165, 1.54) is 19.2 Å². The Morgan fingerprint density at radius 1 is 1.29 bits per heavy atom. The summed E-state index contributed by atoms with van der Waals surface area (Å²) in [6.07, 6.45) is 1.46. The Labute approximate surface area is 169 Å². The van der Waals surface area contributed by atoms with Crippen molar-refractivity contribution in [3.63, 3.8) is 0 Å². The van der Waals surface area contributed by atoms with Gasteiger partial charge in [0.1, 0.15) is 11.6 Å². The minimum Gasteiger partial charge on any atom is -0.496 e.